The van der Waals surface area contributed by atoms with Gasteiger partial charge in [0.25, 0.3) is 0 Å². The molecule has 126 valence electrons. The number of amides is 1. The van der Waals surface area contributed by atoms with E-state index in [1.807, 2.05) is 47.0 Å². The van der Waals surface area contributed by atoms with Crippen LogP contribution in [0.1, 0.15) is 35.2 Å². The molecule has 1 amide bonds. The highest BCUT2D eigenvalue weighted by Gasteiger charge is 2.29. The maximum atomic E-state index is 12.9. The highest BCUT2D eigenvalue weighted by molar-refractivity contribution is 7.99. The normalized spacial score (nSPS) is 19.1. The molecule has 0 aliphatic carbocycles. The van der Waals surface area contributed by atoms with Gasteiger partial charge in [0, 0.05) is 30.5 Å². The first-order valence-corrected chi connectivity index (χ1v) is 9.55. The summed E-state index contributed by atoms with van der Waals surface area (Å²) in [4.78, 5) is 14.9. The Balaban J connectivity index is 1.72. The third-order valence-corrected chi connectivity index (χ3v) is 5.56. The van der Waals surface area contributed by atoms with Crippen molar-refractivity contribution in [2.45, 2.75) is 25.4 Å². The van der Waals surface area contributed by atoms with Crippen LogP contribution >= 0.6 is 11.8 Å². The minimum Gasteiger partial charge on any atom is -0.334 e. The van der Waals surface area contributed by atoms with E-state index < -0.39 is 0 Å². The van der Waals surface area contributed by atoms with Gasteiger partial charge in [0.1, 0.15) is 0 Å². The maximum absolute atomic E-state index is 12.9. The summed E-state index contributed by atoms with van der Waals surface area (Å²) >= 11 is 1.91. The lowest BCUT2D eigenvalue weighted by Crippen LogP contribution is -2.41. The predicted molar refractivity (Wildman–Crippen MR) is 101 cm³/mol. The minimum absolute atomic E-state index is 0.150. The molecule has 4 heteroatoms. The second kappa shape index (κ2) is 7.86. The number of carbonyl (C=O) groups is 1. The Labute approximate surface area is 148 Å². The van der Waals surface area contributed by atoms with E-state index in [9.17, 15) is 4.79 Å². The van der Waals surface area contributed by atoms with Crippen molar-refractivity contribution >= 4 is 17.7 Å². The molecule has 0 saturated carbocycles. The van der Waals surface area contributed by atoms with Crippen LogP contribution in [-0.2, 0) is 4.79 Å². The predicted octanol–water partition coefficient (Wildman–Crippen LogP) is 3.70. The maximum Gasteiger partial charge on any atom is 0.225 e. The summed E-state index contributed by atoms with van der Waals surface area (Å²) in [7, 11) is 0. The van der Waals surface area contributed by atoms with Gasteiger partial charge in [-0.1, -0.05) is 60.2 Å². The van der Waals surface area contributed by atoms with Gasteiger partial charge in [-0.15, -0.1) is 0 Å². The van der Waals surface area contributed by atoms with Gasteiger partial charge >= 0.3 is 0 Å². The molecule has 2 N–H and O–H groups in total. The first kappa shape index (κ1) is 17.1. The van der Waals surface area contributed by atoms with Crippen molar-refractivity contribution in [3.8, 4) is 0 Å². The number of thioether (sulfide) groups is 1. The van der Waals surface area contributed by atoms with Crippen LogP contribution < -0.4 is 5.73 Å². The Hall–Kier alpha value is -1.78. The lowest BCUT2D eigenvalue weighted by Gasteiger charge is -2.36. The fourth-order valence-electron chi connectivity index (χ4n) is 3.09. The summed E-state index contributed by atoms with van der Waals surface area (Å²) in [6.45, 7) is 2.88. The standard InChI is InChI=1S/C20H24N2OS/c1-15-7-9-17(10-8-15)19-14-24-12-11-22(19)20(23)13-18(21)16-5-3-2-4-6-16/h2-10,18-19H,11-14,21H2,1H3. The third-order valence-electron chi connectivity index (χ3n) is 4.53. The van der Waals surface area contributed by atoms with Gasteiger partial charge in [-0.25, -0.2) is 0 Å². The van der Waals surface area contributed by atoms with Crippen molar-refractivity contribution < 1.29 is 4.79 Å². The Kier molecular flexibility index (Phi) is 5.59. The molecule has 2 atom stereocenters. The van der Waals surface area contributed by atoms with Crippen molar-refractivity contribution in [3.63, 3.8) is 0 Å². The molecule has 2 aromatic carbocycles. The van der Waals surface area contributed by atoms with E-state index in [1.54, 1.807) is 0 Å². The molecule has 0 spiro atoms. The number of carbonyl (C=O) groups excluding carboxylic acids is 1. The number of hydrogen-bond acceptors (Lipinski definition) is 3. The molecule has 0 bridgehead atoms. The highest BCUT2D eigenvalue weighted by atomic mass is 32.2. The molecule has 1 heterocycles. The van der Waals surface area contributed by atoms with Gasteiger partial charge in [0.2, 0.25) is 5.91 Å². The summed E-state index contributed by atoms with van der Waals surface area (Å²) in [5.74, 6) is 2.10. The highest BCUT2D eigenvalue weighted by Crippen LogP contribution is 2.31. The molecular weight excluding hydrogens is 316 g/mol. The zero-order valence-electron chi connectivity index (χ0n) is 14.0. The zero-order chi connectivity index (χ0) is 16.9. The molecule has 2 aromatic rings. The monoisotopic (exact) mass is 340 g/mol. The van der Waals surface area contributed by atoms with Crippen LogP contribution in [0.2, 0.25) is 0 Å². The average Bonchev–Trinajstić information content (AvgIpc) is 2.63. The first-order chi connectivity index (χ1) is 11.6. The zero-order valence-corrected chi connectivity index (χ0v) is 14.8. The van der Waals surface area contributed by atoms with Crippen LogP contribution in [0.5, 0.6) is 0 Å². The summed E-state index contributed by atoms with van der Waals surface area (Å²) in [6.07, 6.45) is 0.358. The molecule has 1 aliphatic heterocycles. The fraction of sp³-hybridized carbons (Fsp3) is 0.350. The van der Waals surface area contributed by atoms with Crippen molar-refractivity contribution in [1.82, 2.24) is 4.90 Å². The van der Waals surface area contributed by atoms with E-state index >= 15 is 0 Å². The smallest absolute Gasteiger partial charge is 0.225 e. The van der Waals surface area contributed by atoms with Crippen molar-refractivity contribution in [1.29, 1.82) is 0 Å². The van der Waals surface area contributed by atoms with Crippen LogP contribution in [0.15, 0.2) is 54.6 Å². The lowest BCUT2D eigenvalue weighted by atomic mass is 10.0. The van der Waals surface area contributed by atoms with E-state index in [2.05, 4.69) is 31.2 Å². The number of benzene rings is 2. The molecule has 1 fully saturated rings. The van der Waals surface area contributed by atoms with E-state index in [0.29, 0.717) is 6.42 Å². The average molecular weight is 340 g/mol. The molecule has 1 saturated heterocycles. The van der Waals surface area contributed by atoms with Crippen LogP contribution in [0.3, 0.4) is 0 Å². The first-order valence-electron chi connectivity index (χ1n) is 8.39. The van der Waals surface area contributed by atoms with Crippen LogP contribution in [0, 0.1) is 6.92 Å². The summed E-state index contributed by atoms with van der Waals surface area (Å²) < 4.78 is 0. The van der Waals surface area contributed by atoms with Gasteiger partial charge in [-0.2, -0.15) is 11.8 Å². The van der Waals surface area contributed by atoms with E-state index in [1.165, 1.54) is 11.1 Å². The number of aryl methyl sites for hydroxylation is 1. The molecule has 2 unspecified atom stereocenters. The SMILES string of the molecule is Cc1ccc(C2CSCCN2C(=O)CC(N)c2ccccc2)cc1. The van der Waals surface area contributed by atoms with Gasteiger partial charge in [0.05, 0.1) is 6.04 Å². The quantitative estimate of drug-likeness (QED) is 0.923. The molecule has 24 heavy (non-hydrogen) atoms. The lowest BCUT2D eigenvalue weighted by molar-refractivity contribution is -0.133. The molecule has 3 rings (SSSR count). The Morgan fingerprint density at radius 3 is 2.62 bits per heavy atom. The molecule has 0 aromatic heterocycles. The van der Waals surface area contributed by atoms with Crippen LogP contribution in [0.25, 0.3) is 0 Å². The van der Waals surface area contributed by atoms with Crippen molar-refractivity contribution in [3.05, 3.63) is 71.3 Å². The molecule has 0 radical (unpaired) electrons. The molecule has 1 aliphatic rings. The van der Waals surface area contributed by atoms with E-state index in [0.717, 1.165) is 23.6 Å². The van der Waals surface area contributed by atoms with E-state index in [-0.39, 0.29) is 18.0 Å². The topological polar surface area (TPSA) is 46.3 Å². The van der Waals surface area contributed by atoms with E-state index in [4.69, 9.17) is 5.73 Å². The van der Waals surface area contributed by atoms with Crippen molar-refractivity contribution in [2.24, 2.45) is 5.73 Å². The fourth-order valence-corrected chi connectivity index (χ4v) is 4.18. The minimum atomic E-state index is -0.244. The van der Waals surface area contributed by atoms with Crippen LogP contribution in [0.4, 0.5) is 0 Å². The second-order valence-electron chi connectivity index (χ2n) is 6.31. The number of rotatable bonds is 4. The Morgan fingerprint density at radius 1 is 1.21 bits per heavy atom. The molecule has 3 nitrogen and oxygen atoms in total. The summed E-state index contributed by atoms with van der Waals surface area (Å²) in [6, 6.07) is 18.3. The Bertz CT molecular complexity index is 672. The Morgan fingerprint density at radius 2 is 1.92 bits per heavy atom. The summed E-state index contributed by atoms with van der Waals surface area (Å²) in [5, 5.41) is 0. The number of nitrogens with zero attached hydrogens (tertiary/aromatic N) is 1. The van der Waals surface area contributed by atoms with Crippen molar-refractivity contribution in [2.75, 3.05) is 18.1 Å². The van der Waals surface area contributed by atoms with Crippen LogP contribution in [-0.4, -0.2) is 28.9 Å². The number of hydrogen-bond donors (Lipinski definition) is 1. The molecular formula is C20H24N2OS. The third kappa shape index (κ3) is 4.00. The largest absolute Gasteiger partial charge is 0.334 e. The summed E-state index contributed by atoms with van der Waals surface area (Å²) in [5.41, 5.74) is 9.73. The van der Waals surface area contributed by atoms with Gasteiger partial charge in [-0.3, -0.25) is 4.79 Å². The van der Waals surface area contributed by atoms with Gasteiger partial charge in [0.15, 0.2) is 0 Å². The number of nitrogens with two attached hydrogens (primary N) is 1. The second-order valence-corrected chi connectivity index (χ2v) is 7.46. The van der Waals surface area contributed by atoms with Gasteiger partial charge < -0.3 is 10.6 Å². The van der Waals surface area contributed by atoms with Gasteiger partial charge in [-0.05, 0) is 18.1 Å².